The van der Waals surface area contributed by atoms with Gasteiger partial charge in [-0.2, -0.15) is 0 Å². The standard InChI is InChI=1S/C16H21N/c1-13(15-11-6-7-12-17-15)9-8-10-14(2)16(3,4)5/h6-12H,1H2,2-5H3/b9-8-,14-10+. The molecule has 0 bridgehead atoms. The zero-order chi connectivity index (χ0) is 12.9. The molecule has 0 atom stereocenters. The monoisotopic (exact) mass is 227 g/mol. The maximum Gasteiger partial charge on any atom is 0.0695 e. The van der Waals surface area contributed by atoms with Crippen LogP contribution in [0.4, 0.5) is 0 Å². The first-order valence-corrected chi connectivity index (χ1v) is 5.87. The third-order valence-electron chi connectivity index (χ3n) is 2.82. The summed E-state index contributed by atoms with van der Waals surface area (Å²) in [6.45, 7) is 12.8. The lowest BCUT2D eigenvalue weighted by molar-refractivity contribution is 0.504. The second-order valence-corrected chi connectivity index (χ2v) is 5.20. The van der Waals surface area contributed by atoms with Crippen LogP contribution in [-0.4, -0.2) is 4.98 Å². The predicted octanol–water partition coefficient (Wildman–Crippen LogP) is 4.64. The fraction of sp³-hybridized carbons (Fsp3) is 0.312. The van der Waals surface area contributed by atoms with Crippen molar-refractivity contribution in [2.45, 2.75) is 27.7 Å². The minimum Gasteiger partial charge on any atom is -0.256 e. The van der Waals surface area contributed by atoms with E-state index in [1.165, 1.54) is 5.57 Å². The van der Waals surface area contributed by atoms with Crippen LogP contribution in [0.25, 0.3) is 5.57 Å². The first-order valence-electron chi connectivity index (χ1n) is 5.87. The van der Waals surface area contributed by atoms with Crippen molar-refractivity contribution in [1.82, 2.24) is 4.98 Å². The van der Waals surface area contributed by atoms with Gasteiger partial charge in [-0.25, -0.2) is 0 Å². The van der Waals surface area contributed by atoms with Crippen molar-refractivity contribution in [3.63, 3.8) is 0 Å². The van der Waals surface area contributed by atoms with E-state index < -0.39 is 0 Å². The van der Waals surface area contributed by atoms with Crippen molar-refractivity contribution in [3.05, 3.63) is 60.5 Å². The maximum absolute atomic E-state index is 4.25. The van der Waals surface area contributed by atoms with Gasteiger partial charge in [0.2, 0.25) is 0 Å². The quantitative estimate of drug-likeness (QED) is 0.685. The Balaban J connectivity index is 2.71. The number of rotatable bonds is 3. The first kappa shape index (κ1) is 13.4. The van der Waals surface area contributed by atoms with Gasteiger partial charge in [-0.3, -0.25) is 4.98 Å². The molecule has 0 spiro atoms. The molecular weight excluding hydrogens is 206 g/mol. The third kappa shape index (κ3) is 4.39. The van der Waals surface area contributed by atoms with Gasteiger partial charge in [0.1, 0.15) is 0 Å². The summed E-state index contributed by atoms with van der Waals surface area (Å²) in [5, 5.41) is 0. The lowest BCUT2D eigenvalue weighted by atomic mass is 9.87. The van der Waals surface area contributed by atoms with Crippen LogP contribution >= 0.6 is 0 Å². The van der Waals surface area contributed by atoms with Gasteiger partial charge in [0, 0.05) is 6.20 Å². The highest BCUT2D eigenvalue weighted by Gasteiger charge is 2.10. The van der Waals surface area contributed by atoms with Gasteiger partial charge in [-0.05, 0) is 30.0 Å². The number of hydrogen-bond donors (Lipinski definition) is 0. The number of pyridine rings is 1. The first-order chi connectivity index (χ1) is 7.91. The van der Waals surface area contributed by atoms with E-state index >= 15 is 0 Å². The van der Waals surface area contributed by atoms with E-state index in [-0.39, 0.29) is 5.41 Å². The Morgan fingerprint density at radius 2 is 2.00 bits per heavy atom. The molecule has 0 aromatic carbocycles. The second-order valence-electron chi connectivity index (χ2n) is 5.20. The maximum atomic E-state index is 4.25. The summed E-state index contributed by atoms with van der Waals surface area (Å²) in [5.74, 6) is 0. The third-order valence-corrected chi connectivity index (χ3v) is 2.82. The van der Waals surface area contributed by atoms with Gasteiger partial charge in [-0.15, -0.1) is 0 Å². The van der Waals surface area contributed by atoms with Crippen molar-refractivity contribution in [3.8, 4) is 0 Å². The van der Waals surface area contributed by atoms with Crippen molar-refractivity contribution >= 4 is 5.57 Å². The summed E-state index contributed by atoms with van der Waals surface area (Å²) in [6.07, 6.45) is 7.95. The van der Waals surface area contributed by atoms with Crippen molar-refractivity contribution in [2.75, 3.05) is 0 Å². The number of hydrogen-bond acceptors (Lipinski definition) is 1. The van der Waals surface area contributed by atoms with E-state index in [2.05, 4.69) is 45.3 Å². The molecule has 1 nitrogen and oxygen atoms in total. The lowest BCUT2D eigenvalue weighted by Gasteiger charge is -2.18. The molecule has 1 heterocycles. The molecule has 1 heteroatoms. The molecule has 0 radical (unpaired) electrons. The summed E-state index contributed by atoms with van der Waals surface area (Å²) in [4.78, 5) is 4.25. The Morgan fingerprint density at radius 3 is 2.53 bits per heavy atom. The van der Waals surface area contributed by atoms with Crippen molar-refractivity contribution in [2.24, 2.45) is 5.41 Å². The smallest absolute Gasteiger partial charge is 0.0695 e. The van der Waals surface area contributed by atoms with Crippen LogP contribution in [0.1, 0.15) is 33.4 Å². The largest absolute Gasteiger partial charge is 0.256 e. The highest BCUT2D eigenvalue weighted by Crippen LogP contribution is 2.24. The number of aromatic nitrogens is 1. The van der Waals surface area contributed by atoms with E-state index in [9.17, 15) is 0 Å². The summed E-state index contributed by atoms with van der Waals surface area (Å²) in [5.41, 5.74) is 3.42. The molecular formula is C16H21N. The summed E-state index contributed by atoms with van der Waals surface area (Å²) in [6, 6.07) is 5.84. The van der Waals surface area contributed by atoms with Gasteiger partial charge in [0.05, 0.1) is 5.69 Å². The Bertz CT molecular complexity index is 430. The average molecular weight is 227 g/mol. The van der Waals surface area contributed by atoms with Crippen LogP contribution in [0.2, 0.25) is 0 Å². The van der Waals surface area contributed by atoms with E-state index in [0.29, 0.717) is 0 Å². The molecule has 17 heavy (non-hydrogen) atoms. The highest BCUT2D eigenvalue weighted by atomic mass is 14.7. The number of allylic oxidation sites excluding steroid dienone is 5. The molecule has 0 aliphatic rings. The van der Waals surface area contributed by atoms with Crippen LogP contribution in [-0.2, 0) is 0 Å². The minimum absolute atomic E-state index is 0.219. The highest BCUT2D eigenvalue weighted by molar-refractivity contribution is 5.69. The van der Waals surface area contributed by atoms with E-state index in [4.69, 9.17) is 0 Å². The zero-order valence-electron chi connectivity index (χ0n) is 11.2. The molecule has 0 saturated heterocycles. The molecule has 0 unspecified atom stereocenters. The molecule has 0 amide bonds. The van der Waals surface area contributed by atoms with Crippen LogP contribution in [0.15, 0.2) is 54.8 Å². The van der Waals surface area contributed by atoms with E-state index in [1.807, 2.05) is 30.4 Å². The number of nitrogens with zero attached hydrogens (tertiary/aromatic N) is 1. The Kier molecular flexibility index (Phi) is 4.45. The fourth-order valence-corrected chi connectivity index (χ4v) is 1.20. The molecule has 1 aromatic rings. The summed E-state index contributed by atoms with van der Waals surface area (Å²) in [7, 11) is 0. The van der Waals surface area contributed by atoms with Gasteiger partial charge in [0.15, 0.2) is 0 Å². The van der Waals surface area contributed by atoms with Gasteiger partial charge < -0.3 is 0 Å². The van der Waals surface area contributed by atoms with Gasteiger partial charge in [0.25, 0.3) is 0 Å². The molecule has 1 rings (SSSR count). The SMILES string of the molecule is C=C(/C=C\C=C(/C)C(C)(C)C)c1ccccn1. The van der Waals surface area contributed by atoms with Crippen LogP contribution in [0, 0.1) is 5.41 Å². The molecule has 90 valence electrons. The van der Waals surface area contributed by atoms with E-state index in [1.54, 1.807) is 6.20 Å². The van der Waals surface area contributed by atoms with Crippen molar-refractivity contribution in [1.29, 1.82) is 0 Å². The van der Waals surface area contributed by atoms with Crippen LogP contribution in [0.5, 0.6) is 0 Å². The van der Waals surface area contributed by atoms with Crippen molar-refractivity contribution < 1.29 is 0 Å². The second kappa shape index (κ2) is 5.62. The summed E-state index contributed by atoms with van der Waals surface area (Å²) < 4.78 is 0. The van der Waals surface area contributed by atoms with Gasteiger partial charge in [-0.1, -0.05) is 57.2 Å². The summed E-state index contributed by atoms with van der Waals surface area (Å²) >= 11 is 0. The molecule has 0 saturated carbocycles. The topological polar surface area (TPSA) is 12.9 Å². The Labute approximate surface area is 105 Å². The molecule has 0 fully saturated rings. The van der Waals surface area contributed by atoms with Crippen LogP contribution < -0.4 is 0 Å². The molecule has 0 aliphatic heterocycles. The van der Waals surface area contributed by atoms with Gasteiger partial charge >= 0.3 is 0 Å². The Morgan fingerprint density at radius 1 is 1.29 bits per heavy atom. The normalized spacial score (nSPS) is 13.1. The van der Waals surface area contributed by atoms with E-state index in [0.717, 1.165) is 11.3 Å². The molecule has 1 aromatic heterocycles. The lowest BCUT2D eigenvalue weighted by Crippen LogP contribution is -2.05. The zero-order valence-corrected chi connectivity index (χ0v) is 11.2. The predicted molar refractivity (Wildman–Crippen MR) is 75.6 cm³/mol. The molecule has 0 N–H and O–H groups in total. The fourth-order valence-electron chi connectivity index (χ4n) is 1.20. The van der Waals surface area contributed by atoms with Crippen LogP contribution in [0.3, 0.4) is 0 Å². The average Bonchev–Trinajstić information content (AvgIpc) is 2.28. The Hall–Kier alpha value is -1.63. The molecule has 0 aliphatic carbocycles. The minimum atomic E-state index is 0.219.